The molecule has 0 saturated carbocycles. The van der Waals surface area contributed by atoms with Gasteiger partial charge in [0.25, 0.3) is 30.4 Å². The maximum atomic E-state index is 12.2. The van der Waals surface area contributed by atoms with Gasteiger partial charge in [-0.25, -0.2) is 53.7 Å². The van der Waals surface area contributed by atoms with Gasteiger partial charge >= 0.3 is 77.4 Å². The van der Waals surface area contributed by atoms with E-state index in [1.807, 2.05) is 131 Å². The van der Waals surface area contributed by atoms with Crippen LogP contribution in [-0.4, -0.2) is 130 Å². The quantitative estimate of drug-likeness (QED) is 0.0304. The van der Waals surface area contributed by atoms with Gasteiger partial charge in [-0.15, -0.1) is 0 Å². The molecule has 34 heteroatoms. The molecule has 1 aliphatic rings. The van der Waals surface area contributed by atoms with E-state index in [4.69, 9.17) is 9.58 Å². The van der Waals surface area contributed by atoms with Gasteiger partial charge in [-0.1, -0.05) is 88.4 Å². The third kappa shape index (κ3) is 28.4. The van der Waals surface area contributed by atoms with Crippen LogP contribution in [0.15, 0.2) is 174 Å². The fourth-order valence-corrected chi connectivity index (χ4v) is 13.3. The summed E-state index contributed by atoms with van der Waals surface area (Å²) >= 11 is 0. The predicted octanol–water partition coefficient (Wildman–Crippen LogP) is 7.16. The number of allylic oxidation sites excluding steroid dienone is 1. The van der Waals surface area contributed by atoms with Crippen molar-refractivity contribution in [3.63, 3.8) is 0 Å². The molecule has 6 heterocycles. The molecule has 5 aromatic heterocycles. The molecule has 8 aromatic rings. The van der Waals surface area contributed by atoms with E-state index in [0.29, 0.717) is 42.0 Å². The molecule has 0 spiro atoms. The molecule has 0 saturated heterocycles. The zero-order chi connectivity index (χ0) is 75.7. The Balaban J connectivity index is 0.000000421. The number of Topliss-reactive ketones (excluding diaryl/α,β-unsaturated/α-hetero) is 1. The van der Waals surface area contributed by atoms with Gasteiger partial charge in [0.2, 0.25) is 37.9 Å². The Morgan fingerprint density at radius 2 is 1.03 bits per heavy atom. The zero-order valence-corrected chi connectivity index (χ0v) is 63.9. The van der Waals surface area contributed by atoms with E-state index in [0.717, 1.165) is 36.4 Å². The topological polar surface area (TPSA) is 345 Å². The molecule has 5 N–H and O–H groups in total. The summed E-state index contributed by atoms with van der Waals surface area (Å²) in [5, 5.41) is 8.66. The Morgan fingerprint density at radius 1 is 0.559 bits per heavy atom. The van der Waals surface area contributed by atoms with E-state index < -0.39 is 61.7 Å². The average molecular weight is 1520 g/mol. The van der Waals surface area contributed by atoms with Crippen molar-refractivity contribution in [3.05, 3.63) is 177 Å². The van der Waals surface area contributed by atoms with Crippen LogP contribution in [0.2, 0.25) is 0 Å². The molecule has 28 nitrogen and oxygen atoms in total. The number of carbonyl (C=O) groups is 1. The summed E-state index contributed by atoms with van der Waals surface area (Å²) in [7, 11) is -12.8. The standard InChI is InChI=1S/C14H18N2O5S2.C14H18N2O3S.C13H16N2O3S.C9H15N2O.C8H13BNO.C8H14N2O4S.2CH4/c1-10(2)11-7-12(22(4,17)18)14(13(8-11)23(19,20)21)16-6-5-15(3)9-16;1-11(2)12-4-5-13(14(8-12)20(17,18)19)9-16-7-6-15(3)10-16;1-10(2)11-4-5-12(13(8-11)19(16,17)18)15-7-6-14(3)9-15;1-8(2)11-5-4-10(7-11)6-9(3)12;1-7(2)10-5-3-8(9-11)4-6-10;1-7(2)8(14-15(11,12)13)10-5-4-9(3)6-10;;/h5-10H,1-4H3;4-8,10-11H,9H2,1-3H3;4-10H,1-3H3;4-5,7-8H,6H2,1-3H3;3,5-7,11H,4H2,1-2H3;4-8H,1-3H3;2*1H4/q;;;2*+1;;;/p+4. The summed E-state index contributed by atoms with van der Waals surface area (Å²) in [6.07, 6.45) is 33.6. The first-order valence-electron chi connectivity index (χ1n) is 31.6. The van der Waals surface area contributed by atoms with E-state index in [1.54, 1.807) is 120 Å². The van der Waals surface area contributed by atoms with Crippen LogP contribution in [0.4, 0.5) is 0 Å². The monoisotopic (exact) mass is 1520 g/mol. The summed E-state index contributed by atoms with van der Waals surface area (Å²) in [5.74, 6) is 0.385. The molecule has 0 aliphatic carbocycles. The molecule has 0 fully saturated rings. The van der Waals surface area contributed by atoms with E-state index in [1.165, 1.54) is 35.3 Å². The molecule has 0 radical (unpaired) electrons. The minimum absolute atomic E-state index is 0. The molecule has 102 heavy (non-hydrogen) atoms. The molecule has 3 aromatic carbocycles. The Bertz CT molecular complexity index is 4740. The van der Waals surface area contributed by atoms with Gasteiger partial charge in [0.05, 0.1) is 34.2 Å². The SMILES string of the molecule is C.C.CC(=O)C[n+]1ccn(C(C)C)c1.CC(C)C(OS(=O)(=O)O)n1cc[n+](C)c1.CC(C)[N+]1=CCC(=BO)C=C1.CC(C)c1cc(S(C)(=O)=O)c(-n2cc[n+](C)c2)c(S(=O)(=O)O)c1.CC(C)c1ccc(-n2cc[n+](C)c2)c(S(=O)(=O)O)c1.CC(C)c1ccc(Cn2cc[n+](C)c2)c(S(=O)(=O)O)c1. The number of aromatic nitrogens is 10. The first-order valence-corrected chi connectivity index (χ1v) is 39.2. The number of ketones is 1. The van der Waals surface area contributed by atoms with Crippen LogP contribution in [0.3, 0.4) is 0 Å². The Morgan fingerprint density at radius 3 is 1.42 bits per heavy atom. The van der Waals surface area contributed by atoms with E-state index >= 15 is 0 Å². The van der Waals surface area contributed by atoms with E-state index in [9.17, 15) is 60.5 Å². The molecule has 0 amide bonds. The number of benzene rings is 3. The summed E-state index contributed by atoms with van der Waals surface area (Å²) < 4.78 is 177. The second-order valence-electron chi connectivity index (χ2n) is 25.8. The normalized spacial score (nSPS) is 13.1. The van der Waals surface area contributed by atoms with Crippen LogP contribution < -0.4 is 22.8 Å². The van der Waals surface area contributed by atoms with Crippen LogP contribution in [0.1, 0.15) is 164 Å². The summed E-state index contributed by atoms with van der Waals surface area (Å²) in [6.45, 7) is 26.1. The minimum atomic E-state index is -4.61. The summed E-state index contributed by atoms with van der Waals surface area (Å²) in [6, 6.07) is 14.0. The molecule has 9 rings (SSSR count). The first-order chi connectivity index (χ1) is 46.1. The average Bonchev–Trinajstić information content (AvgIpc) is 1.76. The third-order valence-corrected chi connectivity index (χ3v) is 19.2. The van der Waals surface area contributed by atoms with Crippen molar-refractivity contribution in [2.45, 2.75) is 180 Å². The summed E-state index contributed by atoms with van der Waals surface area (Å²) in [4.78, 5) is 10.1. The summed E-state index contributed by atoms with van der Waals surface area (Å²) in [5.41, 5.74) is 4.16. The smallest absolute Gasteiger partial charge is 0.282 e. The van der Waals surface area contributed by atoms with Crippen molar-refractivity contribution in [1.82, 2.24) is 22.8 Å². The first kappa shape index (κ1) is 90.2. The molecule has 0 bridgehead atoms. The van der Waals surface area contributed by atoms with Gasteiger partial charge in [-0.3, -0.25) is 23.0 Å². The number of hydrogen-bond donors (Lipinski definition) is 5. The van der Waals surface area contributed by atoms with Crippen molar-refractivity contribution in [1.29, 1.82) is 0 Å². The molecule has 1 aliphatic heterocycles. The van der Waals surface area contributed by atoms with Crippen LogP contribution in [0.25, 0.3) is 11.4 Å². The largest absolute Gasteiger partial charge is 0.298 e. The van der Waals surface area contributed by atoms with E-state index in [2.05, 4.69) is 47.2 Å². The minimum Gasteiger partial charge on any atom is -0.282 e. The maximum absolute atomic E-state index is 12.2. The Kier molecular flexibility index (Phi) is 34.1. The fraction of sp³-hybridized carbons (Fsp3) is 0.441. The van der Waals surface area contributed by atoms with Gasteiger partial charge < -0.3 is 0 Å². The van der Waals surface area contributed by atoms with Crippen LogP contribution in [0, 0.1) is 5.92 Å². The van der Waals surface area contributed by atoms with Gasteiger partial charge in [0, 0.05) is 17.7 Å². The van der Waals surface area contributed by atoms with Crippen molar-refractivity contribution in [2.24, 2.45) is 34.1 Å². The van der Waals surface area contributed by atoms with Crippen molar-refractivity contribution >= 4 is 75.2 Å². The number of carbonyl (C=O) groups excluding carboxylic acids is 1. The molecular weight excluding hydrogens is 1410 g/mol. The Labute approximate surface area is 604 Å². The maximum Gasteiger partial charge on any atom is 0.298 e. The van der Waals surface area contributed by atoms with Crippen LogP contribution >= 0.6 is 0 Å². The number of aryl methyl sites for hydroxylation is 4. The molecule has 1 atom stereocenters. The second kappa shape index (κ2) is 38.5. The molecule has 562 valence electrons. The van der Waals surface area contributed by atoms with E-state index in [-0.39, 0.29) is 64.7 Å². The number of imidazole rings is 5. The predicted molar refractivity (Wildman–Crippen MR) is 389 cm³/mol. The number of sulfone groups is 1. The fourth-order valence-electron chi connectivity index (χ4n) is 9.56. The number of nitrogens with zero attached hydrogens (tertiary/aromatic N) is 11. The van der Waals surface area contributed by atoms with Crippen LogP contribution in [0.5, 0.6) is 0 Å². The van der Waals surface area contributed by atoms with Crippen molar-refractivity contribution in [3.8, 4) is 11.4 Å². The molecule has 1 unspecified atom stereocenters. The van der Waals surface area contributed by atoms with Crippen molar-refractivity contribution in [2.75, 3.05) is 6.26 Å². The number of rotatable bonds is 19. The Hall–Kier alpha value is -7.93. The van der Waals surface area contributed by atoms with Gasteiger partial charge in [0.15, 0.2) is 27.0 Å². The van der Waals surface area contributed by atoms with Crippen molar-refractivity contribution < 1.29 is 102 Å². The van der Waals surface area contributed by atoms with Gasteiger partial charge in [0.1, 0.15) is 94.6 Å². The van der Waals surface area contributed by atoms with Gasteiger partial charge in [-0.05, 0) is 85.5 Å². The third-order valence-electron chi connectivity index (χ3n) is 15.0. The molecular formula is C68H106BN11O17S5+6. The second-order valence-corrected chi connectivity index (χ2v) is 33.0. The zero-order valence-electron chi connectivity index (χ0n) is 59.8. The van der Waals surface area contributed by atoms with Gasteiger partial charge in [-0.2, -0.15) is 38.2 Å². The number of hydrogen-bond acceptors (Lipinski definition) is 13. The van der Waals surface area contributed by atoms with Crippen LogP contribution in [-0.2, 0) is 101 Å².